The molecule has 1 aromatic rings. The monoisotopic (exact) mass is 345 g/mol. The summed E-state index contributed by atoms with van der Waals surface area (Å²) in [6, 6.07) is 3.34. The summed E-state index contributed by atoms with van der Waals surface area (Å²) < 4.78 is 44.4. The number of benzene rings is 1. The van der Waals surface area contributed by atoms with Crippen LogP contribution in [0.4, 0.5) is 18.0 Å². The van der Waals surface area contributed by atoms with Crippen LogP contribution >= 0.6 is 0 Å². The molecular weight excluding hydrogens is 327 g/mol. The molecule has 0 saturated carbocycles. The number of carboxylic acids is 1. The zero-order valence-electron chi connectivity index (χ0n) is 13.4. The van der Waals surface area contributed by atoms with Gasteiger partial charge in [-0.3, -0.25) is 0 Å². The van der Waals surface area contributed by atoms with Crippen LogP contribution in [0.5, 0.6) is 0 Å². The fraction of sp³-hybridized carbons (Fsp3) is 0.375. The summed E-state index contributed by atoms with van der Waals surface area (Å²) in [5.74, 6) is -1.26. The molecule has 0 aliphatic carbocycles. The van der Waals surface area contributed by atoms with Crippen molar-refractivity contribution in [3.8, 4) is 0 Å². The second-order valence-corrected chi connectivity index (χ2v) is 5.94. The maximum absolute atomic E-state index is 13.1. The Hall–Kier alpha value is -2.51. The lowest BCUT2D eigenvalue weighted by Gasteiger charge is -2.20. The lowest BCUT2D eigenvalue weighted by atomic mass is 10.0. The van der Waals surface area contributed by atoms with Crippen LogP contribution in [0.1, 0.15) is 37.5 Å². The van der Waals surface area contributed by atoms with Crippen LogP contribution < -0.4 is 5.32 Å². The highest BCUT2D eigenvalue weighted by atomic mass is 19.4. The number of alkyl carbamates (subject to hydrolysis) is 1. The molecule has 1 rings (SSSR count). The minimum Gasteiger partial charge on any atom is -0.478 e. The first-order valence-corrected chi connectivity index (χ1v) is 6.96. The molecule has 0 saturated heterocycles. The van der Waals surface area contributed by atoms with Crippen molar-refractivity contribution >= 4 is 18.1 Å². The largest absolute Gasteiger partial charge is 0.478 e. The van der Waals surface area contributed by atoms with Crippen LogP contribution in [0.25, 0.3) is 6.08 Å². The molecule has 24 heavy (non-hydrogen) atoms. The van der Waals surface area contributed by atoms with Gasteiger partial charge in [0.15, 0.2) is 0 Å². The Balaban J connectivity index is 2.98. The molecule has 8 heteroatoms. The first-order chi connectivity index (χ1) is 10.9. The molecule has 0 heterocycles. The standard InChI is InChI=1S/C16H18F3NO4/c1-15(2,3)24-14(23)20-9-11-6-4-10(5-7-13(21)22)8-12(11)16(17,18)19/h4-8H,9H2,1-3H3,(H,20,23)(H,21,22). The third kappa shape index (κ3) is 6.72. The van der Waals surface area contributed by atoms with Crippen molar-refractivity contribution in [2.75, 3.05) is 0 Å². The lowest BCUT2D eigenvalue weighted by molar-refractivity contribution is -0.138. The summed E-state index contributed by atoms with van der Waals surface area (Å²) in [6.07, 6.45) is -3.67. The number of hydrogen-bond acceptors (Lipinski definition) is 3. The van der Waals surface area contributed by atoms with E-state index >= 15 is 0 Å². The highest BCUT2D eigenvalue weighted by molar-refractivity contribution is 5.85. The minimum absolute atomic E-state index is 0.0887. The van der Waals surface area contributed by atoms with Crippen LogP contribution in [0, 0.1) is 0 Å². The Kier molecular flexibility index (Phi) is 6.00. The van der Waals surface area contributed by atoms with Gasteiger partial charge in [-0.15, -0.1) is 0 Å². The first-order valence-electron chi connectivity index (χ1n) is 6.96. The Morgan fingerprint density at radius 2 is 1.88 bits per heavy atom. The summed E-state index contributed by atoms with van der Waals surface area (Å²) in [6.45, 7) is 4.54. The minimum atomic E-state index is -4.64. The van der Waals surface area contributed by atoms with E-state index in [9.17, 15) is 22.8 Å². The molecule has 0 bridgehead atoms. The zero-order valence-corrected chi connectivity index (χ0v) is 13.4. The van der Waals surface area contributed by atoms with Gasteiger partial charge in [-0.05, 0) is 44.0 Å². The third-order valence-electron chi connectivity index (χ3n) is 2.68. The number of carbonyl (C=O) groups excluding carboxylic acids is 1. The van der Waals surface area contributed by atoms with Gasteiger partial charge in [0.1, 0.15) is 5.60 Å². The Bertz CT molecular complexity index is 646. The van der Waals surface area contributed by atoms with E-state index in [4.69, 9.17) is 9.84 Å². The molecule has 0 atom stereocenters. The van der Waals surface area contributed by atoms with Gasteiger partial charge in [-0.2, -0.15) is 13.2 Å². The van der Waals surface area contributed by atoms with Crippen LogP contribution in [0.3, 0.4) is 0 Å². The normalized spacial score (nSPS) is 12.2. The van der Waals surface area contributed by atoms with Gasteiger partial charge in [0, 0.05) is 12.6 Å². The summed E-state index contributed by atoms with van der Waals surface area (Å²) in [5, 5.41) is 10.8. The van der Waals surface area contributed by atoms with Gasteiger partial charge < -0.3 is 15.2 Å². The molecule has 0 radical (unpaired) electrons. The Labute approximate surface area is 137 Å². The van der Waals surface area contributed by atoms with Crippen molar-refractivity contribution in [2.45, 2.75) is 39.1 Å². The average Bonchev–Trinajstić information content (AvgIpc) is 2.40. The maximum Gasteiger partial charge on any atom is 0.416 e. The van der Waals surface area contributed by atoms with E-state index in [2.05, 4.69) is 5.32 Å². The van der Waals surface area contributed by atoms with E-state index in [1.54, 1.807) is 20.8 Å². The maximum atomic E-state index is 13.1. The van der Waals surface area contributed by atoms with Crippen molar-refractivity contribution < 1.29 is 32.6 Å². The smallest absolute Gasteiger partial charge is 0.416 e. The second kappa shape index (κ2) is 7.37. The van der Waals surface area contributed by atoms with Crippen LogP contribution in [0.2, 0.25) is 0 Å². The van der Waals surface area contributed by atoms with E-state index in [0.29, 0.717) is 0 Å². The van der Waals surface area contributed by atoms with Crippen molar-refractivity contribution in [1.29, 1.82) is 0 Å². The number of halogens is 3. The average molecular weight is 345 g/mol. The van der Waals surface area contributed by atoms with Crippen LogP contribution in [-0.2, 0) is 22.3 Å². The van der Waals surface area contributed by atoms with Crippen LogP contribution in [0.15, 0.2) is 24.3 Å². The Morgan fingerprint density at radius 3 is 2.38 bits per heavy atom. The number of aliphatic carboxylic acids is 1. The summed E-state index contributed by atoms with van der Waals surface area (Å²) >= 11 is 0. The fourth-order valence-corrected chi connectivity index (χ4v) is 1.76. The van der Waals surface area contributed by atoms with Gasteiger partial charge in [0.05, 0.1) is 5.56 Å². The highest BCUT2D eigenvalue weighted by Gasteiger charge is 2.33. The number of ether oxygens (including phenoxy) is 1. The lowest BCUT2D eigenvalue weighted by Crippen LogP contribution is -2.32. The number of rotatable bonds is 4. The molecule has 1 amide bonds. The molecule has 1 aromatic carbocycles. The molecule has 0 unspecified atom stereocenters. The molecule has 132 valence electrons. The van der Waals surface area contributed by atoms with Gasteiger partial charge in [0.25, 0.3) is 0 Å². The molecule has 0 fully saturated rings. The van der Waals surface area contributed by atoms with Crippen molar-refractivity contribution in [3.05, 3.63) is 41.0 Å². The van der Waals surface area contributed by atoms with E-state index < -0.39 is 29.4 Å². The number of alkyl halides is 3. The van der Waals surface area contributed by atoms with Crippen molar-refractivity contribution in [3.63, 3.8) is 0 Å². The summed E-state index contributed by atoms with van der Waals surface area (Å²) in [5.41, 5.74) is -1.78. The molecule has 5 nitrogen and oxygen atoms in total. The summed E-state index contributed by atoms with van der Waals surface area (Å²) in [4.78, 5) is 22.0. The van der Waals surface area contributed by atoms with E-state index in [0.717, 1.165) is 18.2 Å². The number of amides is 1. The zero-order chi connectivity index (χ0) is 18.5. The molecule has 0 aliphatic rings. The molecule has 2 N–H and O–H groups in total. The quantitative estimate of drug-likeness (QED) is 0.813. The molecular formula is C16H18F3NO4. The predicted molar refractivity (Wildman–Crippen MR) is 81.2 cm³/mol. The van der Waals surface area contributed by atoms with Gasteiger partial charge in [-0.1, -0.05) is 12.1 Å². The molecule has 0 spiro atoms. The van der Waals surface area contributed by atoms with E-state index in [1.807, 2.05) is 0 Å². The van der Waals surface area contributed by atoms with Crippen molar-refractivity contribution in [2.24, 2.45) is 0 Å². The topological polar surface area (TPSA) is 75.6 Å². The fourth-order valence-electron chi connectivity index (χ4n) is 1.76. The van der Waals surface area contributed by atoms with E-state index in [1.165, 1.54) is 12.1 Å². The number of carboxylic acid groups (broad SMARTS) is 1. The van der Waals surface area contributed by atoms with Gasteiger partial charge in [-0.25, -0.2) is 9.59 Å². The number of hydrogen-bond donors (Lipinski definition) is 2. The first kappa shape index (κ1) is 19.5. The van der Waals surface area contributed by atoms with E-state index in [-0.39, 0.29) is 17.7 Å². The SMILES string of the molecule is CC(C)(C)OC(=O)NCc1ccc(C=CC(=O)O)cc1C(F)(F)F. The number of carbonyl (C=O) groups is 2. The number of nitrogens with one attached hydrogen (secondary N) is 1. The third-order valence-corrected chi connectivity index (χ3v) is 2.68. The molecule has 0 aliphatic heterocycles. The molecule has 0 aromatic heterocycles. The van der Waals surface area contributed by atoms with Gasteiger partial charge in [0.2, 0.25) is 0 Å². The van der Waals surface area contributed by atoms with Crippen LogP contribution in [-0.4, -0.2) is 22.8 Å². The Morgan fingerprint density at radius 1 is 1.25 bits per heavy atom. The van der Waals surface area contributed by atoms with Gasteiger partial charge >= 0.3 is 18.2 Å². The van der Waals surface area contributed by atoms with Crippen molar-refractivity contribution in [1.82, 2.24) is 5.32 Å². The summed E-state index contributed by atoms with van der Waals surface area (Å²) in [7, 11) is 0. The predicted octanol–water partition coefficient (Wildman–Crippen LogP) is 3.83. The highest BCUT2D eigenvalue weighted by Crippen LogP contribution is 2.33. The second-order valence-electron chi connectivity index (χ2n) is 5.94.